The van der Waals surface area contributed by atoms with Gasteiger partial charge in [0.2, 0.25) is 5.91 Å². The van der Waals surface area contributed by atoms with Gasteiger partial charge in [0.05, 0.1) is 6.61 Å². The number of hydrogen-bond donors (Lipinski definition) is 1. The van der Waals surface area contributed by atoms with Crippen LogP contribution in [0, 0.1) is 0 Å². The van der Waals surface area contributed by atoms with Crippen LogP contribution in [-0.2, 0) is 14.3 Å². The fraction of sp³-hybridized carbons (Fsp3) is 0.833. The summed E-state index contributed by atoms with van der Waals surface area (Å²) in [4.78, 5) is 23.9. The van der Waals surface area contributed by atoms with Crippen LogP contribution in [0.4, 0.5) is 4.79 Å². The fourth-order valence-corrected chi connectivity index (χ4v) is 2.15. The zero-order valence-corrected chi connectivity index (χ0v) is 10.9. The van der Waals surface area contributed by atoms with Crippen LogP contribution in [0.1, 0.15) is 32.6 Å². The number of rotatable bonds is 6. The van der Waals surface area contributed by atoms with Gasteiger partial charge in [0.15, 0.2) is 0 Å². The Morgan fingerprint density at radius 1 is 1.33 bits per heavy atom. The summed E-state index contributed by atoms with van der Waals surface area (Å²) in [5.74, 6) is 0.0951. The maximum Gasteiger partial charge on any atom is 0.404 e. The molecule has 104 valence electrons. The van der Waals surface area contributed by atoms with E-state index in [1.165, 1.54) is 0 Å². The third kappa shape index (κ3) is 5.35. The van der Waals surface area contributed by atoms with Crippen LogP contribution < -0.4 is 5.73 Å². The zero-order valence-electron chi connectivity index (χ0n) is 10.9. The molecule has 0 atom stereocenters. The Morgan fingerprint density at radius 3 is 2.56 bits per heavy atom. The minimum Gasteiger partial charge on any atom is -0.450 e. The van der Waals surface area contributed by atoms with E-state index in [2.05, 4.69) is 4.74 Å². The zero-order chi connectivity index (χ0) is 13.4. The lowest BCUT2D eigenvalue weighted by molar-refractivity contribution is -0.133. The topological polar surface area (TPSA) is 81.9 Å². The highest BCUT2D eigenvalue weighted by atomic mass is 16.5. The quantitative estimate of drug-likeness (QED) is 0.717. The van der Waals surface area contributed by atoms with Gasteiger partial charge in [-0.15, -0.1) is 0 Å². The minimum absolute atomic E-state index is 0.0951. The normalized spacial score (nSPS) is 16.3. The molecule has 1 saturated heterocycles. The van der Waals surface area contributed by atoms with Crippen molar-refractivity contribution in [3.8, 4) is 0 Å². The summed E-state index contributed by atoms with van der Waals surface area (Å²) in [6.45, 7) is 4.05. The monoisotopic (exact) mass is 258 g/mol. The summed E-state index contributed by atoms with van der Waals surface area (Å²) in [6.07, 6.45) is 2.58. The second kappa shape index (κ2) is 7.92. The van der Waals surface area contributed by atoms with Crippen molar-refractivity contribution < 1.29 is 19.1 Å². The molecule has 18 heavy (non-hydrogen) atoms. The van der Waals surface area contributed by atoms with Gasteiger partial charge in [0.25, 0.3) is 0 Å². The predicted molar refractivity (Wildman–Crippen MR) is 66.0 cm³/mol. The number of carbonyl (C=O) groups excluding carboxylic acids is 2. The van der Waals surface area contributed by atoms with Crippen LogP contribution >= 0.6 is 0 Å². The first-order chi connectivity index (χ1) is 8.61. The Labute approximate surface area is 107 Å². The smallest absolute Gasteiger partial charge is 0.404 e. The van der Waals surface area contributed by atoms with Crippen molar-refractivity contribution in [1.29, 1.82) is 0 Å². The average molecular weight is 258 g/mol. The van der Waals surface area contributed by atoms with E-state index in [1.54, 1.807) is 6.92 Å². The Balaban J connectivity index is 2.25. The lowest BCUT2D eigenvalue weighted by Gasteiger charge is -2.33. The molecule has 6 nitrogen and oxygen atoms in total. The Morgan fingerprint density at radius 2 is 2.00 bits per heavy atom. The number of primary amides is 1. The van der Waals surface area contributed by atoms with Gasteiger partial charge >= 0.3 is 6.09 Å². The molecule has 0 aromatic carbocycles. The molecule has 0 bridgehead atoms. The molecule has 0 aliphatic carbocycles. The lowest BCUT2D eigenvalue weighted by atomic mass is 10.1. The summed E-state index contributed by atoms with van der Waals surface area (Å²) in [6, 6.07) is 0.285. The summed E-state index contributed by atoms with van der Waals surface area (Å²) >= 11 is 0. The average Bonchev–Trinajstić information content (AvgIpc) is 2.34. The molecule has 1 aliphatic rings. The number of ether oxygens (including phenoxy) is 2. The SMILES string of the molecule is CC(=O)N(CCCCOC(N)=O)C1CCOCC1. The highest BCUT2D eigenvalue weighted by Gasteiger charge is 2.22. The van der Waals surface area contributed by atoms with Gasteiger partial charge < -0.3 is 20.1 Å². The summed E-state index contributed by atoms with van der Waals surface area (Å²) < 4.78 is 9.93. The molecule has 0 aromatic heterocycles. The van der Waals surface area contributed by atoms with Crippen molar-refractivity contribution in [2.45, 2.75) is 38.6 Å². The molecule has 1 fully saturated rings. The predicted octanol–water partition coefficient (Wildman–Crippen LogP) is 0.889. The van der Waals surface area contributed by atoms with E-state index in [0.717, 1.165) is 38.9 Å². The van der Waals surface area contributed by atoms with Gasteiger partial charge in [0, 0.05) is 32.7 Å². The lowest BCUT2D eigenvalue weighted by Crippen LogP contribution is -2.42. The van der Waals surface area contributed by atoms with Crippen LogP contribution in [0.15, 0.2) is 0 Å². The molecular formula is C12H22N2O4. The highest BCUT2D eigenvalue weighted by molar-refractivity contribution is 5.73. The second-order valence-corrected chi connectivity index (χ2v) is 4.43. The first-order valence-corrected chi connectivity index (χ1v) is 6.38. The van der Waals surface area contributed by atoms with E-state index in [9.17, 15) is 9.59 Å². The molecule has 1 heterocycles. The first kappa shape index (κ1) is 14.8. The largest absolute Gasteiger partial charge is 0.450 e. The minimum atomic E-state index is -0.747. The van der Waals surface area contributed by atoms with Crippen molar-refractivity contribution in [3.63, 3.8) is 0 Å². The molecule has 1 aliphatic heterocycles. The number of unbranched alkanes of at least 4 members (excludes halogenated alkanes) is 1. The van der Waals surface area contributed by atoms with Gasteiger partial charge in [-0.05, 0) is 25.7 Å². The first-order valence-electron chi connectivity index (χ1n) is 6.38. The Kier molecular flexibility index (Phi) is 6.49. The molecule has 6 heteroatoms. The van der Waals surface area contributed by atoms with Gasteiger partial charge in [-0.3, -0.25) is 4.79 Å². The molecule has 2 amide bonds. The molecule has 0 saturated carbocycles. The number of carbonyl (C=O) groups is 2. The van der Waals surface area contributed by atoms with Crippen LogP contribution in [0.5, 0.6) is 0 Å². The summed E-state index contributed by atoms with van der Waals surface area (Å²) in [5.41, 5.74) is 4.86. The molecule has 0 spiro atoms. The van der Waals surface area contributed by atoms with Crippen molar-refractivity contribution in [1.82, 2.24) is 4.90 Å². The van der Waals surface area contributed by atoms with Crippen molar-refractivity contribution in [3.05, 3.63) is 0 Å². The molecule has 0 aromatic rings. The van der Waals surface area contributed by atoms with Crippen molar-refractivity contribution in [2.75, 3.05) is 26.4 Å². The number of nitrogens with zero attached hydrogens (tertiary/aromatic N) is 1. The summed E-state index contributed by atoms with van der Waals surface area (Å²) in [5, 5.41) is 0. The number of amides is 2. The highest BCUT2D eigenvalue weighted by Crippen LogP contribution is 2.15. The van der Waals surface area contributed by atoms with E-state index in [-0.39, 0.29) is 11.9 Å². The molecule has 0 unspecified atom stereocenters. The number of hydrogen-bond acceptors (Lipinski definition) is 4. The van der Waals surface area contributed by atoms with Gasteiger partial charge in [-0.25, -0.2) is 4.79 Å². The van der Waals surface area contributed by atoms with Crippen LogP contribution in [0.3, 0.4) is 0 Å². The van der Waals surface area contributed by atoms with E-state index in [4.69, 9.17) is 10.5 Å². The fourth-order valence-electron chi connectivity index (χ4n) is 2.15. The molecule has 1 rings (SSSR count). The maximum atomic E-state index is 11.6. The molecule has 2 N–H and O–H groups in total. The van der Waals surface area contributed by atoms with Crippen LogP contribution in [0.2, 0.25) is 0 Å². The Bertz CT molecular complexity index is 277. The van der Waals surface area contributed by atoms with Crippen LogP contribution in [-0.4, -0.2) is 49.3 Å². The van der Waals surface area contributed by atoms with Crippen molar-refractivity contribution >= 4 is 12.0 Å². The number of nitrogens with two attached hydrogens (primary N) is 1. The van der Waals surface area contributed by atoms with E-state index < -0.39 is 6.09 Å². The molecule has 0 radical (unpaired) electrons. The second-order valence-electron chi connectivity index (χ2n) is 4.43. The van der Waals surface area contributed by atoms with Crippen LogP contribution in [0.25, 0.3) is 0 Å². The van der Waals surface area contributed by atoms with E-state index in [1.807, 2.05) is 4.90 Å². The maximum absolute atomic E-state index is 11.6. The summed E-state index contributed by atoms with van der Waals surface area (Å²) in [7, 11) is 0. The standard InChI is InChI=1S/C12H22N2O4/c1-10(15)14(11-4-8-17-9-5-11)6-2-3-7-18-12(13)16/h11H,2-9H2,1H3,(H2,13,16). The van der Waals surface area contributed by atoms with E-state index in [0.29, 0.717) is 13.2 Å². The van der Waals surface area contributed by atoms with E-state index >= 15 is 0 Å². The van der Waals surface area contributed by atoms with Gasteiger partial charge in [-0.1, -0.05) is 0 Å². The van der Waals surface area contributed by atoms with Gasteiger partial charge in [-0.2, -0.15) is 0 Å². The Hall–Kier alpha value is -1.30. The van der Waals surface area contributed by atoms with Crippen molar-refractivity contribution in [2.24, 2.45) is 5.73 Å². The van der Waals surface area contributed by atoms with Gasteiger partial charge in [0.1, 0.15) is 0 Å². The third-order valence-electron chi connectivity index (χ3n) is 3.07. The molecular weight excluding hydrogens is 236 g/mol. The third-order valence-corrected chi connectivity index (χ3v) is 3.07.